The minimum Gasteiger partial charge on any atom is -1.00 e. The number of hydrogen-bond donors (Lipinski definition) is 1. The van der Waals surface area contributed by atoms with Gasteiger partial charge in [0.25, 0.3) is 0 Å². The van der Waals surface area contributed by atoms with Crippen molar-refractivity contribution in [2.45, 2.75) is 0 Å². The fourth-order valence-corrected chi connectivity index (χ4v) is 3.19. The van der Waals surface area contributed by atoms with Crippen molar-refractivity contribution in [2.75, 3.05) is 5.73 Å². The molecule has 0 radical (unpaired) electrons. The molecule has 0 aliphatic carbocycles. The summed E-state index contributed by atoms with van der Waals surface area (Å²) in [4.78, 5) is 15.8. The number of nitrogens with zero attached hydrogens (tertiary/aromatic N) is 4. The van der Waals surface area contributed by atoms with E-state index < -0.39 is 11.6 Å². The van der Waals surface area contributed by atoms with Crippen LogP contribution in [0.15, 0.2) is 60.9 Å². The zero-order valence-corrected chi connectivity index (χ0v) is 25.4. The predicted molar refractivity (Wildman–Crippen MR) is 122 cm³/mol. The van der Waals surface area contributed by atoms with Gasteiger partial charge in [-0.2, -0.15) is 0 Å². The second-order valence-corrected chi connectivity index (χ2v) is 7.64. The standard InChI is InChI=1S/C10H5ClFIN2.C10H7ClFN3.HI.K/c2*11-8-4-3-7(13)10(15-8)9-6(12)2-1-5-14-9;;/h1-5H;1-5H,13H2;1H;/q;;;+1/p-1. The van der Waals surface area contributed by atoms with Crippen molar-refractivity contribution in [1.29, 1.82) is 0 Å². The predicted octanol–water partition coefficient (Wildman–Crippen LogP) is 0.0670. The van der Waals surface area contributed by atoms with Crippen molar-refractivity contribution in [3.8, 4) is 22.8 Å². The second kappa shape index (κ2) is 14.4. The van der Waals surface area contributed by atoms with Gasteiger partial charge in [0.2, 0.25) is 0 Å². The van der Waals surface area contributed by atoms with Gasteiger partial charge in [0, 0.05) is 16.0 Å². The molecule has 0 amide bonds. The first-order valence-electron chi connectivity index (χ1n) is 8.32. The number of aromatic nitrogens is 4. The van der Waals surface area contributed by atoms with Gasteiger partial charge in [-0.05, 0) is 71.1 Å². The van der Waals surface area contributed by atoms with Gasteiger partial charge < -0.3 is 29.7 Å². The molecule has 0 unspecified atom stereocenters. The van der Waals surface area contributed by atoms with E-state index in [4.69, 9.17) is 28.9 Å². The van der Waals surface area contributed by atoms with Gasteiger partial charge in [-0.25, -0.2) is 18.7 Å². The monoisotopic (exact) mass is 723 g/mol. The summed E-state index contributed by atoms with van der Waals surface area (Å²) >= 11 is 13.5. The summed E-state index contributed by atoms with van der Waals surface area (Å²) in [5.74, 6) is -0.871. The molecule has 0 bridgehead atoms. The maximum absolute atomic E-state index is 13.4. The molecule has 0 fully saturated rings. The van der Waals surface area contributed by atoms with Crippen LogP contribution in [0.2, 0.25) is 10.3 Å². The molecule has 0 aliphatic rings. The normalized spacial score (nSPS) is 9.66. The van der Waals surface area contributed by atoms with Crippen LogP contribution in [0.4, 0.5) is 14.5 Å². The number of nitrogen functional groups attached to an aromatic ring is 1. The van der Waals surface area contributed by atoms with Crippen molar-refractivity contribution in [3.63, 3.8) is 0 Å². The van der Waals surface area contributed by atoms with Gasteiger partial charge in [-0.1, -0.05) is 23.2 Å². The smallest absolute Gasteiger partial charge is 1.00 e. The quantitative estimate of drug-likeness (QED) is 0.180. The maximum Gasteiger partial charge on any atom is 1.00 e. The Morgan fingerprint density at radius 2 is 1.19 bits per heavy atom. The molecule has 0 atom stereocenters. The molecule has 160 valence electrons. The molecule has 32 heavy (non-hydrogen) atoms. The number of halogens is 6. The van der Waals surface area contributed by atoms with E-state index in [-0.39, 0.29) is 97.6 Å². The molecule has 0 spiro atoms. The molecule has 0 aromatic carbocycles. The first kappa shape index (κ1) is 30.0. The Hall–Kier alpha value is -0.0636. The van der Waals surface area contributed by atoms with Gasteiger partial charge in [0.15, 0.2) is 11.6 Å². The summed E-state index contributed by atoms with van der Waals surface area (Å²) in [6, 6.07) is 12.2. The third-order valence-corrected chi connectivity index (χ3v) is 4.96. The van der Waals surface area contributed by atoms with Crippen molar-refractivity contribution < 1.29 is 84.1 Å². The van der Waals surface area contributed by atoms with E-state index in [2.05, 4.69) is 42.5 Å². The average molecular weight is 724 g/mol. The van der Waals surface area contributed by atoms with Crippen LogP contribution in [-0.2, 0) is 0 Å². The molecule has 12 heteroatoms. The molecule has 5 nitrogen and oxygen atoms in total. The third kappa shape index (κ3) is 8.01. The first-order chi connectivity index (χ1) is 14.4. The second-order valence-electron chi connectivity index (χ2n) is 5.70. The van der Waals surface area contributed by atoms with E-state index in [9.17, 15) is 8.78 Å². The van der Waals surface area contributed by atoms with E-state index in [0.717, 1.165) is 3.57 Å². The van der Waals surface area contributed by atoms with Crippen LogP contribution in [0, 0.1) is 15.2 Å². The summed E-state index contributed by atoms with van der Waals surface area (Å²) < 4.78 is 27.6. The number of pyridine rings is 4. The van der Waals surface area contributed by atoms with Crippen LogP contribution >= 0.6 is 45.8 Å². The Labute approximate surface area is 266 Å². The van der Waals surface area contributed by atoms with Crippen molar-refractivity contribution in [1.82, 2.24) is 19.9 Å². The minimum absolute atomic E-state index is 0. The van der Waals surface area contributed by atoms with Gasteiger partial charge in [0.05, 0.1) is 5.69 Å². The molecule has 4 aromatic rings. The molecular weight excluding hydrogens is 712 g/mol. The molecule has 0 saturated heterocycles. The molecule has 0 saturated carbocycles. The van der Waals surface area contributed by atoms with E-state index in [1.807, 2.05) is 0 Å². The van der Waals surface area contributed by atoms with Crippen LogP contribution in [-0.4, -0.2) is 19.9 Å². The van der Waals surface area contributed by atoms with E-state index in [1.54, 1.807) is 24.3 Å². The summed E-state index contributed by atoms with van der Waals surface area (Å²) in [7, 11) is 0. The number of rotatable bonds is 2. The Morgan fingerprint density at radius 1 is 0.719 bits per heavy atom. The summed E-state index contributed by atoms with van der Waals surface area (Å²) in [5.41, 5.74) is 7.08. The maximum atomic E-state index is 13.4. The zero-order valence-electron chi connectivity index (χ0n) is 16.4. The van der Waals surface area contributed by atoms with E-state index in [1.165, 1.54) is 36.7 Å². The molecule has 4 rings (SSSR count). The topological polar surface area (TPSA) is 77.6 Å². The molecule has 2 N–H and O–H groups in total. The Morgan fingerprint density at radius 3 is 1.72 bits per heavy atom. The van der Waals surface area contributed by atoms with Crippen LogP contribution in [0.5, 0.6) is 0 Å². The fraction of sp³-hybridized carbons (Fsp3) is 0. The Bertz CT molecular complexity index is 1110. The van der Waals surface area contributed by atoms with Crippen molar-refractivity contribution in [3.05, 3.63) is 86.4 Å². The molecule has 4 aromatic heterocycles. The van der Waals surface area contributed by atoms with Crippen LogP contribution < -0.4 is 81.1 Å². The SMILES string of the molecule is Fc1cccnc1-c1nc(Cl)ccc1I.Nc1ccc(Cl)nc1-c1ncccc1F.[I-].[K+]. The third-order valence-electron chi connectivity index (χ3n) is 3.67. The van der Waals surface area contributed by atoms with Crippen molar-refractivity contribution >= 4 is 51.5 Å². The van der Waals surface area contributed by atoms with Gasteiger partial charge in [-0.3, -0.25) is 9.97 Å². The Kier molecular flexibility index (Phi) is 13.4. The zero-order chi connectivity index (χ0) is 21.7. The van der Waals surface area contributed by atoms with E-state index >= 15 is 0 Å². The average Bonchev–Trinajstić information content (AvgIpc) is 2.73. The molecular formula is C20H12Cl2F2I2KN5. The number of nitrogens with two attached hydrogens (primary N) is 1. The first-order valence-corrected chi connectivity index (χ1v) is 10.2. The largest absolute Gasteiger partial charge is 1.00 e. The summed E-state index contributed by atoms with van der Waals surface area (Å²) in [5, 5.41) is 0.583. The molecule has 4 heterocycles. The van der Waals surface area contributed by atoms with Crippen LogP contribution in [0.3, 0.4) is 0 Å². The molecule has 0 aliphatic heterocycles. The van der Waals surface area contributed by atoms with Crippen molar-refractivity contribution in [2.24, 2.45) is 0 Å². The minimum atomic E-state index is -0.473. The summed E-state index contributed by atoms with van der Waals surface area (Å²) in [6.07, 6.45) is 3.00. The summed E-state index contributed by atoms with van der Waals surface area (Å²) in [6.45, 7) is 0. The van der Waals surface area contributed by atoms with Gasteiger partial charge in [0.1, 0.15) is 33.1 Å². The van der Waals surface area contributed by atoms with Gasteiger partial charge in [-0.15, -0.1) is 0 Å². The number of hydrogen-bond acceptors (Lipinski definition) is 5. The van der Waals surface area contributed by atoms with Crippen LogP contribution in [0.1, 0.15) is 0 Å². The number of anilines is 1. The van der Waals surface area contributed by atoms with Crippen LogP contribution in [0.25, 0.3) is 22.8 Å². The van der Waals surface area contributed by atoms with Gasteiger partial charge >= 0.3 is 51.4 Å². The fourth-order valence-electron chi connectivity index (χ4n) is 2.34. The van der Waals surface area contributed by atoms with E-state index in [0.29, 0.717) is 16.5 Å². The Balaban J connectivity index is 0.000000301.